The number of rotatable bonds is 5. The van der Waals surface area contributed by atoms with Crippen molar-refractivity contribution in [2.75, 3.05) is 0 Å². The number of nitro groups is 1. The minimum absolute atomic E-state index is 0.0720. The van der Waals surface area contributed by atoms with Crippen LogP contribution in [0.2, 0.25) is 0 Å². The summed E-state index contributed by atoms with van der Waals surface area (Å²) in [6.07, 6.45) is 0. The number of non-ortho nitro benzene ring substituents is 1. The fourth-order valence-corrected chi connectivity index (χ4v) is 4.04. The van der Waals surface area contributed by atoms with E-state index in [0.29, 0.717) is 0 Å². The van der Waals surface area contributed by atoms with Gasteiger partial charge < -0.3 is 17.3 Å². The van der Waals surface area contributed by atoms with Crippen LogP contribution in [0.25, 0.3) is 39.3 Å². The molecular weight excluding hydrogens is 495 g/mol. The number of hydrogen-bond donors (Lipinski definition) is 0. The molecule has 0 fully saturated rings. The van der Waals surface area contributed by atoms with Crippen molar-refractivity contribution in [3.63, 3.8) is 0 Å². The molecule has 5 aromatic rings. The van der Waals surface area contributed by atoms with Crippen molar-refractivity contribution in [1.82, 2.24) is 0 Å². The van der Waals surface area contributed by atoms with Gasteiger partial charge in [0.1, 0.15) is 0 Å². The minimum atomic E-state index is -6.00. The second-order valence-corrected chi connectivity index (χ2v) is 8.22. The molecule has 0 aliphatic carbocycles. The summed E-state index contributed by atoms with van der Waals surface area (Å²) in [5.74, 6) is 0. The van der Waals surface area contributed by atoms with Crippen LogP contribution in [0.4, 0.5) is 23.0 Å². The van der Waals surface area contributed by atoms with Crippen LogP contribution in [0.1, 0.15) is 0 Å². The van der Waals surface area contributed by atoms with Crippen LogP contribution in [-0.4, -0.2) is 12.2 Å². The van der Waals surface area contributed by atoms with Gasteiger partial charge in [-0.15, -0.1) is 0 Å². The van der Waals surface area contributed by atoms with Crippen LogP contribution < -0.4 is 4.57 Å². The highest BCUT2D eigenvalue weighted by molar-refractivity contribution is 6.50. The molecular formula is C29H21BF4N2O2. The van der Waals surface area contributed by atoms with Gasteiger partial charge in [-0.25, -0.2) is 0 Å². The zero-order valence-electron chi connectivity index (χ0n) is 19.9. The first-order valence-electron chi connectivity index (χ1n) is 11.6. The Bertz CT molecular complexity index is 1450. The minimum Gasteiger partial charge on any atom is -0.418 e. The van der Waals surface area contributed by atoms with Crippen molar-refractivity contribution in [2.24, 2.45) is 0 Å². The molecule has 4 nitrogen and oxygen atoms in total. The molecule has 9 heteroatoms. The van der Waals surface area contributed by atoms with Gasteiger partial charge in [0, 0.05) is 47.5 Å². The highest BCUT2D eigenvalue weighted by atomic mass is 19.5. The lowest BCUT2D eigenvalue weighted by molar-refractivity contribution is -0.572. The third-order valence-electron chi connectivity index (χ3n) is 5.63. The molecule has 0 amide bonds. The van der Waals surface area contributed by atoms with E-state index in [-0.39, 0.29) is 10.6 Å². The molecule has 0 atom stereocenters. The smallest absolute Gasteiger partial charge is 0.418 e. The van der Waals surface area contributed by atoms with Crippen molar-refractivity contribution >= 4 is 12.9 Å². The van der Waals surface area contributed by atoms with Crippen molar-refractivity contribution in [1.29, 1.82) is 0 Å². The van der Waals surface area contributed by atoms with Crippen LogP contribution in [0.5, 0.6) is 0 Å². The predicted octanol–water partition coefficient (Wildman–Crippen LogP) is 8.17. The molecule has 38 heavy (non-hydrogen) atoms. The van der Waals surface area contributed by atoms with E-state index in [9.17, 15) is 27.4 Å². The second kappa shape index (κ2) is 11.5. The Morgan fingerprint density at radius 2 is 0.921 bits per heavy atom. The van der Waals surface area contributed by atoms with Crippen LogP contribution in [0.3, 0.4) is 0 Å². The summed E-state index contributed by atoms with van der Waals surface area (Å²) in [6.45, 7) is 0. The highest BCUT2D eigenvalue weighted by Gasteiger charge is 2.25. The maximum absolute atomic E-state index is 11.2. The Balaban J connectivity index is 0.000000617. The van der Waals surface area contributed by atoms with Gasteiger partial charge >= 0.3 is 7.25 Å². The Labute approximate surface area is 216 Å². The Morgan fingerprint density at radius 3 is 1.29 bits per heavy atom. The Kier molecular flexibility index (Phi) is 7.96. The van der Waals surface area contributed by atoms with Crippen LogP contribution >= 0.6 is 0 Å². The van der Waals surface area contributed by atoms with Gasteiger partial charge in [-0.1, -0.05) is 66.7 Å². The maximum atomic E-state index is 11.2. The number of aromatic nitrogens is 1. The van der Waals surface area contributed by atoms with Crippen LogP contribution in [-0.2, 0) is 0 Å². The molecule has 0 saturated carbocycles. The van der Waals surface area contributed by atoms with Crippen molar-refractivity contribution in [3.8, 4) is 39.3 Å². The summed E-state index contributed by atoms with van der Waals surface area (Å²) in [7, 11) is -6.00. The van der Waals surface area contributed by atoms with E-state index in [1.54, 1.807) is 24.3 Å². The summed E-state index contributed by atoms with van der Waals surface area (Å²) < 4.78 is 41.2. The van der Waals surface area contributed by atoms with Crippen molar-refractivity contribution in [3.05, 3.63) is 138 Å². The first-order valence-corrected chi connectivity index (χ1v) is 11.6. The monoisotopic (exact) mass is 516 g/mol. The van der Waals surface area contributed by atoms with Crippen molar-refractivity contribution in [2.45, 2.75) is 0 Å². The molecule has 0 radical (unpaired) electrons. The van der Waals surface area contributed by atoms with Crippen LogP contribution in [0, 0.1) is 10.1 Å². The average Bonchev–Trinajstić information content (AvgIpc) is 2.93. The molecule has 1 heterocycles. The molecule has 0 N–H and O–H groups in total. The molecule has 1 aromatic heterocycles. The molecule has 0 bridgehead atoms. The summed E-state index contributed by atoms with van der Waals surface area (Å²) in [6, 6.07) is 41.8. The lowest BCUT2D eigenvalue weighted by Crippen LogP contribution is -2.36. The number of halogens is 4. The van der Waals surface area contributed by atoms with Gasteiger partial charge in [-0.3, -0.25) is 10.1 Å². The van der Waals surface area contributed by atoms with Gasteiger partial charge in [0.2, 0.25) is 17.1 Å². The lowest BCUT2D eigenvalue weighted by atomic mass is 9.98. The molecule has 0 spiro atoms. The standard InChI is InChI=1S/C29H21N2O2.BF4/c32-31(33)27-18-16-26(17-19-27)30-28(23-12-6-2-7-13-23)20-25(22-10-4-1-5-11-22)21-29(30)24-14-8-3-9-15-24;2-1(3,4)5/h1-21H;/q+1;-1. The van der Waals surface area contributed by atoms with E-state index in [1.807, 2.05) is 54.6 Å². The molecule has 0 unspecified atom stereocenters. The number of nitrogens with zero attached hydrogens (tertiary/aromatic N) is 2. The van der Waals surface area contributed by atoms with Gasteiger partial charge in [-0.05, 0) is 35.4 Å². The topological polar surface area (TPSA) is 47.0 Å². The largest absolute Gasteiger partial charge is 0.673 e. The Hall–Kier alpha value is -4.79. The predicted molar refractivity (Wildman–Crippen MR) is 141 cm³/mol. The maximum Gasteiger partial charge on any atom is 0.673 e. The molecule has 0 saturated heterocycles. The van der Waals surface area contributed by atoms with Crippen LogP contribution in [0.15, 0.2) is 127 Å². The summed E-state index contributed by atoms with van der Waals surface area (Å²) >= 11 is 0. The number of pyridine rings is 1. The first-order chi connectivity index (χ1) is 18.2. The number of benzene rings is 4. The fraction of sp³-hybridized carbons (Fsp3) is 0. The normalized spacial score (nSPS) is 10.8. The summed E-state index contributed by atoms with van der Waals surface area (Å²) in [5, 5.41) is 11.2. The molecule has 190 valence electrons. The van der Waals surface area contributed by atoms with Crippen molar-refractivity contribution < 1.29 is 26.8 Å². The van der Waals surface area contributed by atoms with Gasteiger partial charge in [-0.2, -0.15) is 4.57 Å². The van der Waals surface area contributed by atoms with E-state index in [2.05, 4.69) is 53.1 Å². The third kappa shape index (κ3) is 6.70. The van der Waals surface area contributed by atoms with E-state index in [1.165, 1.54) is 0 Å². The number of hydrogen-bond acceptors (Lipinski definition) is 2. The van der Waals surface area contributed by atoms with Gasteiger partial charge in [0.05, 0.1) is 4.92 Å². The quantitative estimate of drug-likeness (QED) is 0.0778. The van der Waals surface area contributed by atoms with Gasteiger partial charge in [0.15, 0.2) is 0 Å². The lowest BCUT2D eigenvalue weighted by Gasteiger charge is -2.12. The molecule has 4 aromatic carbocycles. The van der Waals surface area contributed by atoms with Gasteiger partial charge in [0.25, 0.3) is 5.69 Å². The van der Waals surface area contributed by atoms with E-state index in [4.69, 9.17) is 0 Å². The summed E-state index contributed by atoms with van der Waals surface area (Å²) in [5.41, 5.74) is 7.29. The average molecular weight is 516 g/mol. The first kappa shape index (κ1) is 26.3. The Morgan fingerprint density at radius 1 is 0.553 bits per heavy atom. The SMILES string of the molecule is F[B-](F)(F)F.O=[N+]([O-])c1ccc(-[n+]2c(-c3ccccc3)cc(-c3ccccc3)cc2-c2ccccc2)cc1. The zero-order valence-corrected chi connectivity index (χ0v) is 19.9. The van der Waals surface area contributed by atoms with E-state index >= 15 is 0 Å². The molecule has 0 aliphatic heterocycles. The second-order valence-electron chi connectivity index (χ2n) is 8.22. The zero-order chi connectivity index (χ0) is 27.1. The fourth-order valence-electron chi connectivity index (χ4n) is 4.04. The molecule has 5 rings (SSSR count). The third-order valence-corrected chi connectivity index (χ3v) is 5.63. The molecule has 0 aliphatic rings. The summed E-state index contributed by atoms with van der Waals surface area (Å²) in [4.78, 5) is 10.9. The highest BCUT2D eigenvalue weighted by Crippen LogP contribution is 2.30. The number of nitro benzene ring substituents is 1. The van der Waals surface area contributed by atoms with E-state index < -0.39 is 7.25 Å². The van der Waals surface area contributed by atoms with E-state index in [0.717, 1.165) is 39.3 Å².